The van der Waals surface area contributed by atoms with Gasteiger partial charge in [-0.3, -0.25) is 4.79 Å². The summed E-state index contributed by atoms with van der Waals surface area (Å²) in [5.74, 6) is 1.14. The molecule has 7 heteroatoms. The molecule has 0 aliphatic rings. The number of benzene rings is 2. The van der Waals surface area contributed by atoms with Gasteiger partial charge >= 0.3 is 0 Å². The lowest BCUT2D eigenvalue weighted by atomic mass is 9.99. The van der Waals surface area contributed by atoms with E-state index in [-0.39, 0.29) is 5.91 Å². The van der Waals surface area contributed by atoms with Crippen LogP contribution >= 0.6 is 0 Å². The Labute approximate surface area is 199 Å². The second-order valence-corrected chi connectivity index (χ2v) is 8.45. The molecule has 0 spiro atoms. The summed E-state index contributed by atoms with van der Waals surface area (Å²) >= 11 is 0. The third-order valence-corrected chi connectivity index (χ3v) is 6.14. The molecule has 0 fully saturated rings. The molecule has 0 atom stereocenters. The Hall–Kier alpha value is -3.87. The number of hydrogen-bond donors (Lipinski definition) is 1. The minimum atomic E-state index is -0.0995. The van der Waals surface area contributed by atoms with Crippen LogP contribution < -0.4 is 14.8 Å². The molecule has 0 saturated heterocycles. The highest BCUT2D eigenvalue weighted by atomic mass is 16.5. The molecule has 4 aromatic rings. The van der Waals surface area contributed by atoms with Crippen molar-refractivity contribution in [2.24, 2.45) is 0 Å². The Kier molecular flexibility index (Phi) is 6.54. The molecule has 34 heavy (non-hydrogen) atoms. The fourth-order valence-corrected chi connectivity index (χ4v) is 4.30. The average molecular weight is 459 g/mol. The molecule has 7 nitrogen and oxygen atoms in total. The van der Waals surface area contributed by atoms with E-state index < -0.39 is 0 Å². The van der Waals surface area contributed by atoms with Crippen molar-refractivity contribution in [3.05, 3.63) is 70.5 Å². The predicted molar refractivity (Wildman–Crippen MR) is 134 cm³/mol. The van der Waals surface area contributed by atoms with Crippen molar-refractivity contribution in [1.29, 1.82) is 0 Å². The van der Waals surface area contributed by atoms with Crippen molar-refractivity contribution in [2.45, 2.75) is 40.5 Å². The highest BCUT2D eigenvalue weighted by Gasteiger charge is 2.18. The number of aromatic nitrogens is 3. The van der Waals surface area contributed by atoms with E-state index in [0.717, 1.165) is 39.2 Å². The van der Waals surface area contributed by atoms with E-state index in [1.54, 1.807) is 32.4 Å². The molecule has 0 aliphatic carbocycles. The summed E-state index contributed by atoms with van der Waals surface area (Å²) in [6.45, 7) is 8.15. The summed E-state index contributed by atoms with van der Waals surface area (Å²) in [6.07, 6.45) is 0.897. The number of aryl methyl sites for hydroxylation is 4. The number of rotatable bonds is 7. The van der Waals surface area contributed by atoms with Crippen LogP contribution in [0.15, 0.2) is 42.5 Å². The van der Waals surface area contributed by atoms with Gasteiger partial charge < -0.3 is 14.8 Å². The highest BCUT2D eigenvalue weighted by molar-refractivity contribution is 5.93. The van der Waals surface area contributed by atoms with Crippen molar-refractivity contribution < 1.29 is 14.3 Å². The van der Waals surface area contributed by atoms with Gasteiger partial charge in [0.15, 0.2) is 5.65 Å². The first kappa shape index (κ1) is 23.3. The zero-order chi connectivity index (χ0) is 24.4. The fraction of sp³-hybridized carbons (Fsp3) is 0.296. The first-order chi connectivity index (χ1) is 16.3. The van der Waals surface area contributed by atoms with E-state index in [0.29, 0.717) is 30.0 Å². The second kappa shape index (κ2) is 9.55. The van der Waals surface area contributed by atoms with Crippen molar-refractivity contribution in [3.63, 3.8) is 0 Å². The molecule has 2 aromatic heterocycles. The molecule has 176 valence electrons. The summed E-state index contributed by atoms with van der Waals surface area (Å²) in [4.78, 5) is 17.7. The molecular formula is C27H30N4O3. The van der Waals surface area contributed by atoms with Gasteiger partial charge in [0.2, 0.25) is 5.91 Å². The van der Waals surface area contributed by atoms with Crippen LogP contribution in [0.1, 0.15) is 34.5 Å². The van der Waals surface area contributed by atoms with Gasteiger partial charge in [-0.2, -0.15) is 5.10 Å². The number of hydrogen-bond acceptors (Lipinski definition) is 5. The number of pyridine rings is 1. The molecule has 0 unspecified atom stereocenters. The predicted octanol–water partition coefficient (Wildman–Crippen LogP) is 5.24. The van der Waals surface area contributed by atoms with E-state index in [9.17, 15) is 4.79 Å². The number of anilines is 1. The van der Waals surface area contributed by atoms with E-state index in [1.807, 2.05) is 18.5 Å². The molecule has 1 amide bonds. The van der Waals surface area contributed by atoms with Crippen LogP contribution in [0.25, 0.3) is 16.7 Å². The number of methoxy groups -OCH3 is 2. The number of nitrogens with zero attached hydrogens (tertiary/aromatic N) is 3. The molecule has 0 saturated carbocycles. The number of carbonyl (C=O) groups excluding carboxylic acids is 1. The normalized spacial score (nSPS) is 11.0. The largest absolute Gasteiger partial charge is 0.497 e. The molecule has 1 N–H and O–H groups in total. The van der Waals surface area contributed by atoms with Gasteiger partial charge in [-0.25, -0.2) is 9.67 Å². The highest BCUT2D eigenvalue weighted by Crippen LogP contribution is 2.30. The summed E-state index contributed by atoms with van der Waals surface area (Å²) < 4.78 is 12.5. The minimum absolute atomic E-state index is 0.0995. The zero-order valence-electron chi connectivity index (χ0n) is 20.5. The lowest BCUT2D eigenvalue weighted by Crippen LogP contribution is -2.14. The minimum Gasteiger partial charge on any atom is -0.497 e. The smallest absolute Gasteiger partial charge is 0.224 e. The fourth-order valence-electron chi connectivity index (χ4n) is 4.30. The molecule has 2 aromatic carbocycles. The van der Waals surface area contributed by atoms with E-state index >= 15 is 0 Å². The van der Waals surface area contributed by atoms with Gasteiger partial charge in [0.1, 0.15) is 11.5 Å². The molecule has 4 rings (SSSR count). The molecule has 0 radical (unpaired) electrons. The van der Waals surface area contributed by atoms with Gasteiger partial charge in [-0.15, -0.1) is 0 Å². The van der Waals surface area contributed by atoms with Gasteiger partial charge in [-0.1, -0.05) is 17.7 Å². The number of carbonyl (C=O) groups is 1. The third-order valence-electron chi connectivity index (χ3n) is 6.14. The first-order valence-electron chi connectivity index (χ1n) is 11.3. The Morgan fingerprint density at radius 3 is 2.38 bits per heavy atom. The van der Waals surface area contributed by atoms with Crippen molar-refractivity contribution >= 4 is 22.6 Å². The van der Waals surface area contributed by atoms with Crippen molar-refractivity contribution in [2.75, 3.05) is 19.5 Å². The number of amides is 1. The van der Waals surface area contributed by atoms with Crippen LogP contribution in [-0.4, -0.2) is 34.9 Å². The van der Waals surface area contributed by atoms with Crippen LogP contribution in [-0.2, 0) is 11.2 Å². The topological polar surface area (TPSA) is 78.3 Å². The quantitative estimate of drug-likeness (QED) is 0.410. The van der Waals surface area contributed by atoms with Crippen LogP contribution in [0, 0.1) is 27.7 Å². The maximum absolute atomic E-state index is 12.8. The lowest BCUT2D eigenvalue weighted by Gasteiger charge is -2.14. The van der Waals surface area contributed by atoms with Crippen molar-refractivity contribution in [1.82, 2.24) is 14.8 Å². The van der Waals surface area contributed by atoms with Gasteiger partial charge in [0, 0.05) is 23.6 Å². The number of fused-ring (bicyclic) bond motifs is 1. The molecule has 0 bridgehead atoms. The summed E-state index contributed by atoms with van der Waals surface area (Å²) in [6, 6.07) is 13.6. The van der Waals surface area contributed by atoms with E-state index in [2.05, 4.69) is 43.4 Å². The van der Waals surface area contributed by atoms with Crippen LogP contribution in [0.5, 0.6) is 11.5 Å². The van der Waals surface area contributed by atoms with E-state index in [1.165, 1.54) is 5.56 Å². The Morgan fingerprint density at radius 2 is 1.71 bits per heavy atom. The maximum atomic E-state index is 12.8. The Balaban J connectivity index is 1.59. The van der Waals surface area contributed by atoms with Gasteiger partial charge in [0.05, 0.1) is 31.3 Å². The Bertz CT molecular complexity index is 1360. The van der Waals surface area contributed by atoms with Gasteiger partial charge in [-0.05, 0) is 69.5 Å². The average Bonchev–Trinajstić information content (AvgIpc) is 3.15. The third kappa shape index (κ3) is 4.46. The Morgan fingerprint density at radius 1 is 0.971 bits per heavy atom. The zero-order valence-corrected chi connectivity index (χ0v) is 20.5. The van der Waals surface area contributed by atoms with Crippen LogP contribution in [0.4, 0.5) is 5.69 Å². The van der Waals surface area contributed by atoms with Crippen LogP contribution in [0.3, 0.4) is 0 Å². The summed E-state index contributed by atoms with van der Waals surface area (Å²) in [5.41, 5.74) is 7.63. The van der Waals surface area contributed by atoms with Crippen LogP contribution in [0.2, 0.25) is 0 Å². The summed E-state index contributed by atoms with van der Waals surface area (Å²) in [5, 5.41) is 8.75. The van der Waals surface area contributed by atoms with Crippen molar-refractivity contribution in [3.8, 4) is 17.2 Å². The second-order valence-electron chi connectivity index (χ2n) is 8.45. The SMILES string of the molecule is COc1ccc(OC)c(NC(=O)CCc2c(C)nc3c(c(C)nn3-c3ccc(C)cc3)c2C)c1. The molecule has 0 aliphatic heterocycles. The number of ether oxygens (including phenoxy) is 2. The first-order valence-corrected chi connectivity index (χ1v) is 11.3. The summed E-state index contributed by atoms with van der Waals surface area (Å²) in [7, 11) is 3.16. The monoisotopic (exact) mass is 458 g/mol. The maximum Gasteiger partial charge on any atom is 0.224 e. The number of nitrogens with one attached hydrogen (secondary N) is 1. The lowest BCUT2D eigenvalue weighted by molar-refractivity contribution is -0.116. The molecular weight excluding hydrogens is 428 g/mol. The van der Waals surface area contributed by atoms with E-state index in [4.69, 9.17) is 19.6 Å². The standard InChI is InChI=1S/C27H30N4O3/c1-16-7-9-20(10-8-16)31-27-26(19(4)30-31)17(2)22(18(3)28-27)12-14-25(32)29-23-15-21(33-5)11-13-24(23)34-6/h7-11,13,15H,12,14H2,1-6H3,(H,29,32). The molecule has 2 heterocycles. The van der Waals surface area contributed by atoms with Gasteiger partial charge in [0.25, 0.3) is 0 Å².